The van der Waals surface area contributed by atoms with E-state index < -0.39 is 4.92 Å². The maximum atomic E-state index is 11.7. The van der Waals surface area contributed by atoms with Crippen LogP contribution in [0.3, 0.4) is 0 Å². The van der Waals surface area contributed by atoms with Gasteiger partial charge in [0.2, 0.25) is 11.6 Å². The van der Waals surface area contributed by atoms with Gasteiger partial charge in [-0.1, -0.05) is 17.7 Å². The molecule has 9 nitrogen and oxygen atoms in total. The highest BCUT2D eigenvalue weighted by molar-refractivity contribution is 5.78. The number of benzene rings is 2. The number of aromatic nitrogens is 2. The van der Waals surface area contributed by atoms with Crippen molar-refractivity contribution in [3.05, 3.63) is 64.5 Å². The number of aryl methyl sites for hydroxylation is 1. The summed E-state index contributed by atoms with van der Waals surface area (Å²) in [6, 6.07) is 12.5. The largest absolute Gasteiger partial charge is 0.497 e. The van der Waals surface area contributed by atoms with E-state index in [0.717, 1.165) is 5.56 Å². The van der Waals surface area contributed by atoms with Crippen molar-refractivity contribution in [1.82, 2.24) is 9.97 Å². The molecule has 9 heteroatoms. The lowest BCUT2D eigenvalue weighted by Crippen LogP contribution is -2.06. The van der Waals surface area contributed by atoms with Crippen molar-refractivity contribution in [1.29, 1.82) is 0 Å². The molecule has 3 aromatic rings. The van der Waals surface area contributed by atoms with E-state index in [1.54, 1.807) is 18.2 Å². The molecule has 144 valence electrons. The number of hydrogen-bond acceptors (Lipinski definition) is 8. The molecule has 0 radical (unpaired) electrons. The number of nitro groups is 1. The molecular formula is C19H19N5O4. The van der Waals surface area contributed by atoms with Gasteiger partial charge in [-0.3, -0.25) is 10.1 Å². The normalized spacial score (nSPS) is 10.2. The molecule has 2 N–H and O–H groups in total. The Hall–Kier alpha value is -3.88. The zero-order chi connectivity index (χ0) is 20.1. The third kappa shape index (κ3) is 4.09. The Labute approximate surface area is 161 Å². The second kappa shape index (κ2) is 8.21. The molecule has 0 saturated heterocycles. The molecule has 1 aromatic heterocycles. The highest BCUT2D eigenvalue weighted by Crippen LogP contribution is 2.36. The van der Waals surface area contributed by atoms with Gasteiger partial charge < -0.3 is 20.1 Å². The van der Waals surface area contributed by atoms with Gasteiger partial charge in [-0.2, -0.15) is 0 Å². The summed E-state index contributed by atoms with van der Waals surface area (Å²) >= 11 is 0. The summed E-state index contributed by atoms with van der Waals surface area (Å²) in [6.45, 7) is 1.96. The lowest BCUT2D eigenvalue weighted by Gasteiger charge is -2.13. The first kappa shape index (κ1) is 18.9. The van der Waals surface area contributed by atoms with E-state index in [4.69, 9.17) is 9.47 Å². The van der Waals surface area contributed by atoms with Crippen LogP contribution in [0.2, 0.25) is 0 Å². The minimum atomic E-state index is -0.536. The van der Waals surface area contributed by atoms with Gasteiger partial charge in [0, 0.05) is 11.8 Å². The van der Waals surface area contributed by atoms with E-state index in [1.807, 2.05) is 31.2 Å². The summed E-state index contributed by atoms with van der Waals surface area (Å²) in [4.78, 5) is 19.3. The van der Waals surface area contributed by atoms with Crippen LogP contribution in [0.25, 0.3) is 0 Å². The van der Waals surface area contributed by atoms with E-state index in [2.05, 4.69) is 20.6 Å². The molecule has 0 amide bonds. The molecule has 0 fully saturated rings. The van der Waals surface area contributed by atoms with E-state index in [-0.39, 0.29) is 17.3 Å². The van der Waals surface area contributed by atoms with Crippen LogP contribution < -0.4 is 20.1 Å². The first-order valence-corrected chi connectivity index (χ1v) is 8.34. The minimum absolute atomic E-state index is 0.0289. The number of methoxy groups -OCH3 is 2. The zero-order valence-electron chi connectivity index (χ0n) is 15.6. The number of anilines is 4. The lowest BCUT2D eigenvalue weighted by molar-refractivity contribution is -0.383. The standard InChI is InChI=1S/C19H19N5O4/c1-12-4-6-13(7-5-12)22-18-17(24(25)26)19(21-11-20-18)23-15-10-14(27-2)8-9-16(15)28-3/h4-11H,1-3H3,(H2,20,21,22,23). The van der Waals surface area contributed by atoms with Crippen LogP contribution in [0.4, 0.5) is 28.7 Å². The van der Waals surface area contributed by atoms with E-state index in [0.29, 0.717) is 22.9 Å². The molecule has 0 aliphatic heterocycles. The van der Waals surface area contributed by atoms with Crippen LogP contribution in [-0.4, -0.2) is 29.1 Å². The quantitative estimate of drug-likeness (QED) is 0.463. The van der Waals surface area contributed by atoms with Crippen molar-refractivity contribution in [3.8, 4) is 11.5 Å². The van der Waals surface area contributed by atoms with Crippen LogP contribution in [-0.2, 0) is 0 Å². The Morgan fingerprint density at radius 1 is 0.964 bits per heavy atom. The van der Waals surface area contributed by atoms with Crippen LogP contribution in [0.15, 0.2) is 48.8 Å². The van der Waals surface area contributed by atoms with Gasteiger partial charge in [0.05, 0.1) is 24.8 Å². The molecule has 0 unspecified atom stereocenters. The molecular weight excluding hydrogens is 362 g/mol. The number of nitrogens with one attached hydrogen (secondary N) is 2. The molecule has 0 saturated carbocycles. The second-order valence-corrected chi connectivity index (χ2v) is 5.86. The van der Waals surface area contributed by atoms with Crippen molar-refractivity contribution >= 4 is 28.7 Å². The Morgan fingerprint density at radius 3 is 2.25 bits per heavy atom. The van der Waals surface area contributed by atoms with Crippen molar-refractivity contribution in [2.45, 2.75) is 6.92 Å². The Morgan fingerprint density at radius 2 is 1.64 bits per heavy atom. The minimum Gasteiger partial charge on any atom is -0.497 e. The molecule has 3 rings (SSSR count). The van der Waals surface area contributed by atoms with Gasteiger partial charge >= 0.3 is 5.69 Å². The topological polar surface area (TPSA) is 111 Å². The van der Waals surface area contributed by atoms with Crippen molar-refractivity contribution in [2.24, 2.45) is 0 Å². The highest BCUT2D eigenvalue weighted by atomic mass is 16.6. The van der Waals surface area contributed by atoms with Crippen LogP contribution >= 0.6 is 0 Å². The number of rotatable bonds is 7. The summed E-state index contributed by atoms with van der Waals surface area (Å²) in [5.74, 6) is 1.16. The molecule has 0 aliphatic carbocycles. The molecule has 0 spiro atoms. The SMILES string of the molecule is COc1ccc(OC)c(Nc2ncnc(Nc3ccc(C)cc3)c2[N+](=O)[O-])c1. The van der Waals surface area contributed by atoms with Gasteiger partial charge in [0.15, 0.2) is 0 Å². The van der Waals surface area contributed by atoms with Gasteiger partial charge in [-0.25, -0.2) is 9.97 Å². The maximum absolute atomic E-state index is 11.7. The summed E-state index contributed by atoms with van der Waals surface area (Å²) < 4.78 is 10.5. The van der Waals surface area contributed by atoms with Gasteiger partial charge in [0.25, 0.3) is 0 Å². The van der Waals surface area contributed by atoms with E-state index in [1.165, 1.54) is 20.5 Å². The monoisotopic (exact) mass is 381 g/mol. The summed E-state index contributed by atoms with van der Waals surface area (Å²) in [6.07, 6.45) is 1.25. The van der Waals surface area contributed by atoms with Gasteiger partial charge in [-0.05, 0) is 31.2 Å². The molecule has 0 aliphatic rings. The summed E-state index contributed by atoms with van der Waals surface area (Å²) in [5, 5.41) is 17.7. The molecule has 0 bridgehead atoms. The zero-order valence-corrected chi connectivity index (χ0v) is 15.6. The number of nitrogens with zero attached hydrogens (tertiary/aromatic N) is 3. The van der Waals surface area contributed by atoms with Crippen LogP contribution in [0.5, 0.6) is 11.5 Å². The van der Waals surface area contributed by atoms with Crippen LogP contribution in [0, 0.1) is 17.0 Å². The van der Waals surface area contributed by atoms with Crippen molar-refractivity contribution in [3.63, 3.8) is 0 Å². The Bertz CT molecular complexity index is 992. The highest BCUT2D eigenvalue weighted by Gasteiger charge is 2.24. The predicted molar refractivity (Wildman–Crippen MR) is 106 cm³/mol. The first-order chi connectivity index (χ1) is 13.5. The number of hydrogen-bond donors (Lipinski definition) is 2. The predicted octanol–water partition coefficient (Wildman–Crippen LogP) is 4.20. The fraction of sp³-hybridized carbons (Fsp3) is 0.158. The van der Waals surface area contributed by atoms with Gasteiger partial charge in [0.1, 0.15) is 17.8 Å². The average Bonchev–Trinajstić information content (AvgIpc) is 2.69. The maximum Gasteiger partial charge on any atom is 0.353 e. The average molecular weight is 381 g/mol. The third-order valence-electron chi connectivity index (χ3n) is 3.98. The third-order valence-corrected chi connectivity index (χ3v) is 3.98. The van der Waals surface area contributed by atoms with E-state index >= 15 is 0 Å². The smallest absolute Gasteiger partial charge is 0.353 e. The molecule has 1 heterocycles. The molecule has 2 aromatic carbocycles. The Kier molecular flexibility index (Phi) is 5.54. The molecule has 28 heavy (non-hydrogen) atoms. The van der Waals surface area contributed by atoms with Crippen LogP contribution in [0.1, 0.15) is 5.56 Å². The van der Waals surface area contributed by atoms with E-state index in [9.17, 15) is 10.1 Å². The fourth-order valence-electron chi connectivity index (χ4n) is 2.55. The lowest BCUT2D eigenvalue weighted by atomic mass is 10.2. The van der Waals surface area contributed by atoms with Crippen molar-refractivity contribution in [2.75, 3.05) is 24.9 Å². The summed E-state index contributed by atoms with van der Waals surface area (Å²) in [7, 11) is 3.04. The second-order valence-electron chi connectivity index (χ2n) is 5.86. The molecule has 0 atom stereocenters. The number of ether oxygens (including phenoxy) is 2. The van der Waals surface area contributed by atoms with Crippen molar-refractivity contribution < 1.29 is 14.4 Å². The fourth-order valence-corrected chi connectivity index (χ4v) is 2.55. The Balaban J connectivity index is 2.00. The van der Waals surface area contributed by atoms with Gasteiger partial charge in [-0.15, -0.1) is 0 Å². The summed E-state index contributed by atoms with van der Waals surface area (Å²) in [5.41, 5.74) is 1.95. The first-order valence-electron chi connectivity index (χ1n) is 8.34.